The van der Waals surface area contributed by atoms with Crippen molar-refractivity contribution in [1.29, 1.82) is 0 Å². The lowest BCUT2D eigenvalue weighted by Crippen LogP contribution is -2.38. The second-order valence-electron chi connectivity index (χ2n) is 7.21. The molecular weight excluding hydrogens is 471 g/mol. The van der Waals surface area contributed by atoms with E-state index in [1.165, 1.54) is 29.8 Å². The predicted octanol–water partition coefficient (Wildman–Crippen LogP) is 3.01. The fraction of sp³-hybridized carbons (Fsp3) is 0.182. The van der Waals surface area contributed by atoms with Crippen LogP contribution in [0.2, 0.25) is 5.02 Å². The van der Waals surface area contributed by atoms with Crippen molar-refractivity contribution in [3.63, 3.8) is 0 Å². The Kier molecular flexibility index (Phi) is 6.30. The van der Waals surface area contributed by atoms with Crippen molar-refractivity contribution >= 4 is 33.7 Å². The summed E-state index contributed by atoms with van der Waals surface area (Å²) < 4.78 is 21.1. The van der Waals surface area contributed by atoms with Crippen LogP contribution in [0, 0.1) is 12.7 Å². The maximum absolute atomic E-state index is 13.8. The third-order valence-electron chi connectivity index (χ3n) is 5.00. The molecular formula is C22H18ClFN4O4S. The maximum Gasteiger partial charge on any atom is 0.336 e. The molecule has 0 aliphatic rings. The number of fused-ring (bicyclic) bond motifs is 1. The SMILES string of the molecule is COc1ccc(CNC(=O)c2cn3c(=O)n(Cc4ccc(Cl)c(F)c4)c(=O)c(C)c3s2)cn1. The smallest absolute Gasteiger partial charge is 0.336 e. The fourth-order valence-electron chi connectivity index (χ4n) is 3.24. The van der Waals surface area contributed by atoms with Crippen molar-refractivity contribution in [2.24, 2.45) is 0 Å². The number of thiazole rings is 1. The molecule has 4 rings (SSSR count). The molecule has 0 unspecified atom stereocenters. The third-order valence-corrected chi connectivity index (χ3v) is 6.52. The number of rotatable bonds is 6. The van der Waals surface area contributed by atoms with Crippen LogP contribution in [0.3, 0.4) is 0 Å². The normalized spacial score (nSPS) is 11.0. The molecule has 0 radical (unpaired) electrons. The molecule has 4 aromatic rings. The van der Waals surface area contributed by atoms with E-state index in [-0.39, 0.29) is 23.0 Å². The molecule has 1 N–H and O–H groups in total. The summed E-state index contributed by atoms with van der Waals surface area (Å²) >= 11 is 6.75. The molecule has 0 atom stereocenters. The summed E-state index contributed by atoms with van der Waals surface area (Å²) in [6.07, 6.45) is 2.99. The van der Waals surface area contributed by atoms with Gasteiger partial charge in [0.2, 0.25) is 5.88 Å². The van der Waals surface area contributed by atoms with E-state index < -0.39 is 23.0 Å². The number of aryl methyl sites for hydroxylation is 1. The second kappa shape index (κ2) is 9.16. The molecule has 1 amide bonds. The summed E-state index contributed by atoms with van der Waals surface area (Å²) in [5.74, 6) is -0.564. The number of benzene rings is 1. The Balaban J connectivity index is 1.62. The van der Waals surface area contributed by atoms with Crippen LogP contribution in [0.25, 0.3) is 4.83 Å². The van der Waals surface area contributed by atoms with Gasteiger partial charge in [-0.15, -0.1) is 11.3 Å². The zero-order valence-corrected chi connectivity index (χ0v) is 19.2. The predicted molar refractivity (Wildman–Crippen MR) is 123 cm³/mol. The first-order valence-electron chi connectivity index (χ1n) is 9.75. The van der Waals surface area contributed by atoms with Gasteiger partial charge < -0.3 is 10.1 Å². The Bertz CT molecular complexity index is 1480. The number of methoxy groups -OCH3 is 1. The average molecular weight is 489 g/mol. The fourth-order valence-corrected chi connectivity index (χ4v) is 4.35. The topological polar surface area (TPSA) is 94.7 Å². The molecule has 8 nitrogen and oxygen atoms in total. The van der Waals surface area contributed by atoms with Crippen LogP contribution >= 0.6 is 22.9 Å². The molecule has 0 spiro atoms. The van der Waals surface area contributed by atoms with E-state index in [1.807, 2.05) is 0 Å². The zero-order valence-electron chi connectivity index (χ0n) is 17.6. The summed E-state index contributed by atoms with van der Waals surface area (Å²) in [7, 11) is 1.51. The van der Waals surface area contributed by atoms with Crippen LogP contribution in [-0.2, 0) is 13.1 Å². The summed E-state index contributed by atoms with van der Waals surface area (Å²) in [6.45, 7) is 1.68. The molecule has 0 fully saturated rings. The lowest BCUT2D eigenvalue weighted by atomic mass is 10.2. The highest BCUT2D eigenvalue weighted by molar-refractivity contribution is 7.19. The minimum atomic E-state index is -0.637. The molecule has 0 aliphatic heterocycles. The Labute approximate surface area is 195 Å². The number of carbonyl (C=O) groups is 1. The van der Waals surface area contributed by atoms with Crippen molar-refractivity contribution in [1.82, 2.24) is 19.3 Å². The van der Waals surface area contributed by atoms with Crippen molar-refractivity contribution in [3.8, 4) is 5.88 Å². The van der Waals surface area contributed by atoms with Crippen LogP contribution < -0.4 is 21.3 Å². The summed E-state index contributed by atoms with van der Waals surface area (Å²) in [4.78, 5) is 43.2. The quantitative estimate of drug-likeness (QED) is 0.450. The van der Waals surface area contributed by atoms with Gasteiger partial charge in [0.1, 0.15) is 15.5 Å². The minimum absolute atomic E-state index is 0.0478. The molecule has 0 aliphatic carbocycles. The first-order valence-corrected chi connectivity index (χ1v) is 10.9. The number of pyridine rings is 1. The van der Waals surface area contributed by atoms with Gasteiger partial charge in [-0.1, -0.05) is 23.7 Å². The lowest BCUT2D eigenvalue weighted by Gasteiger charge is -2.08. The largest absolute Gasteiger partial charge is 0.481 e. The number of halogens is 2. The van der Waals surface area contributed by atoms with E-state index in [4.69, 9.17) is 16.3 Å². The molecule has 33 heavy (non-hydrogen) atoms. The van der Waals surface area contributed by atoms with Gasteiger partial charge in [-0.05, 0) is 30.2 Å². The van der Waals surface area contributed by atoms with E-state index >= 15 is 0 Å². The number of amides is 1. The zero-order chi connectivity index (χ0) is 23.7. The summed E-state index contributed by atoms with van der Waals surface area (Å²) in [5, 5.41) is 2.72. The van der Waals surface area contributed by atoms with E-state index in [2.05, 4.69) is 10.3 Å². The van der Waals surface area contributed by atoms with Crippen molar-refractivity contribution in [2.75, 3.05) is 7.11 Å². The molecule has 11 heteroatoms. The van der Waals surface area contributed by atoms with Crippen molar-refractivity contribution < 1.29 is 13.9 Å². The highest BCUT2D eigenvalue weighted by atomic mass is 35.5. The van der Waals surface area contributed by atoms with Gasteiger partial charge in [-0.25, -0.2) is 14.2 Å². The molecule has 3 aromatic heterocycles. The van der Waals surface area contributed by atoms with Gasteiger partial charge in [-0.2, -0.15) is 0 Å². The summed E-state index contributed by atoms with van der Waals surface area (Å²) in [5.41, 5.74) is 0.372. The Morgan fingerprint density at radius 3 is 2.67 bits per heavy atom. The average Bonchev–Trinajstić information content (AvgIpc) is 3.27. The van der Waals surface area contributed by atoms with Gasteiger partial charge in [0.15, 0.2) is 0 Å². The lowest BCUT2D eigenvalue weighted by molar-refractivity contribution is 0.0954. The first kappa shape index (κ1) is 22.7. The summed E-state index contributed by atoms with van der Waals surface area (Å²) in [6, 6.07) is 7.55. The first-order chi connectivity index (χ1) is 15.8. The Hall–Kier alpha value is -3.50. The molecule has 3 heterocycles. The van der Waals surface area contributed by atoms with E-state index in [1.54, 1.807) is 31.3 Å². The highest BCUT2D eigenvalue weighted by Crippen LogP contribution is 2.19. The van der Waals surface area contributed by atoms with Crippen LogP contribution in [-0.4, -0.2) is 27.0 Å². The number of nitrogens with one attached hydrogen (secondary N) is 1. The molecule has 1 aromatic carbocycles. The second-order valence-corrected chi connectivity index (χ2v) is 8.65. The number of aromatic nitrogens is 3. The van der Waals surface area contributed by atoms with E-state index in [0.717, 1.165) is 21.5 Å². The number of ether oxygens (including phenoxy) is 1. The van der Waals surface area contributed by atoms with Crippen molar-refractivity contribution in [3.05, 3.63) is 96.0 Å². The van der Waals surface area contributed by atoms with Crippen LogP contribution in [0.1, 0.15) is 26.4 Å². The monoisotopic (exact) mass is 488 g/mol. The van der Waals surface area contributed by atoms with Gasteiger partial charge in [0.25, 0.3) is 11.5 Å². The highest BCUT2D eigenvalue weighted by Gasteiger charge is 2.18. The minimum Gasteiger partial charge on any atom is -0.481 e. The standard InChI is InChI=1S/C22H18ClFN4O4S/c1-12-20(30)27(10-13-3-5-15(23)16(24)7-13)22(31)28-11-17(33-21(12)28)19(29)26-9-14-4-6-18(32-2)25-8-14/h3-8,11H,9-10H2,1-2H3,(H,26,29). The van der Waals surface area contributed by atoms with Crippen LogP contribution in [0.5, 0.6) is 5.88 Å². The van der Waals surface area contributed by atoms with E-state index in [9.17, 15) is 18.8 Å². The van der Waals surface area contributed by atoms with Gasteiger partial charge in [-0.3, -0.25) is 18.6 Å². The van der Waals surface area contributed by atoms with Gasteiger partial charge in [0, 0.05) is 30.6 Å². The maximum atomic E-state index is 13.8. The Morgan fingerprint density at radius 2 is 2.00 bits per heavy atom. The van der Waals surface area contributed by atoms with Crippen LogP contribution in [0.15, 0.2) is 52.3 Å². The molecule has 0 bridgehead atoms. The number of carbonyl (C=O) groups excluding carboxylic acids is 1. The van der Waals surface area contributed by atoms with Gasteiger partial charge >= 0.3 is 5.69 Å². The number of hydrogen-bond donors (Lipinski definition) is 1. The Morgan fingerprint density at radius 1 is 1.24 bits per heavy atom. The van der Waals surface area contributed by atoms with Gasteiger partial charge in [0.05, 0.1) is 18.7 Å². The molecule has 0 saturated heterocycles. The molecule has 0 saturated carbocycles. The van der Waals surface area contributed by atoms with Crippen LogP contribution in [0.4, 0.5) is 4.39 Å². The van der Waals surface area contributed by atoms with E-state index in [0.29, 0.717) is 21.8 Å². The van der Waals surface area contributed by atoms with Crippen molar-refractivity contribution in [2.45, 2.75) is 20.0 Å². The number of hydrogen-bond acceptors (Lipinski definition) is 6. The third kappa shape index (κ3) is 4.53. The molecule has 170 valence electrons. The number of nitrogens with zero attached hydrogens (tertiary/aromatic N) is 3.